The summed E-state index contributed by atoms with van der Waals surface area (Å²) in [4.78, 5) is 0. The normalized spacial score (nSPS) is 23.7. The number of hydrogen-bond acceptors (Lipinski definition) is 6. The highest BCUT2D eigenvalue weighted by molar-refractivity contribution is 6.60. The van der Waals surface area contributed by atoms with Crippen LogP contribution in [0.2, 0.25) is 30.7 Å². The summed E-state index contributed by atoms with van der Waals surface area (Å²) in [6, 6.07) is 0. The van der Waals surface area contributed by atoms with E-state index in [0.29, 0.717) is 5.54 Å². The first-order valence-electron chi connectivity index (χ1n) is 7.48. The lowest BCUT2D eigenvalue weighted by atomic mass is 10.3. The molecule has 1 aliphatic rings. The Kier molecular flexibility index (Phi) is 13.2. The molecule has 0 aliphatic carbocycles. The van der Waals surface area contributed by atoms with Crippen LogP contribution in [0.1, 0.15) is 20.3 Å². The van der Waals surface area contributed by atoms with Gasteiger partial charge in [0.1, 0.15) is 10.0 Å². The van der Waals surface area contributed by atoms with Crippen molar-refractivity contribution in [2.75, 3.05) is 0 Å². The molecule has 1 aliphatic heterocycles. The zero-order valence-corrected chi connectivity index (χ0v) is 24.7. The van der Waals surface area contributed by atoms with Gasteiger partial charge in [0, 0.05) is 0 Å². The molecule has 1 aromatic rings. The largest absolute Gasteiger partial charge is 0.505 e. The SMILES string of the molecule is CCC(C)[SiH]1O[SiH2]O[SiH2]O[SiH2]O[SiH2]O1.Oc1c(Cl)c(Cl)c(Cl)c(Cl)c1Cl. The van der Waals surface area contributed by atoms with Crippen LogP contribution in [-0.4, -0.2) is 54.4 Å². The van der Waals surface area contributed by atoms with E-state index in [-0.39, 0.29) is 30.9 Å². The lowest BCUT2D eigenvalue weighted by Crippen LogP contribution is -2.34. The van der Waals surface area contributed by atoms with Crippen LogP contribution in [0.15, 0.2) is 0 Å². The van der Waals surface area contributed by atoms with Crippen molar-refractivity contribution in [3.63, 3.8) is 0 Å². The molecule has 150 valence electrons. The first-order valence-corrected chi connectivity index (χ1v) is 15.6. The minimum Gasteiger partial charge on any atom is -0.505 e. The molecule has 0 radical (unpaired) electrons. The molecule has 1 unspecified atom stereocenters. The lowest BCUT2D eigenvalue weighted by molar-refractivity contribution is 0.324. The Bertz CT molecular complexity index is 473. The van der Waals surface area contributed by atoms with E-state index in [4.69, 9.17) is 78.6 Å². The predicted octanol–water partition coefficient (Wildman–Crippen LogP) is 1.76. The molecule has 1 N–H and O–H groups in total. The number of benzene rings is 1. The summed E-state index contributed by atoms with van der Waals surface area (Å²) in [6.45, 7) is 4.36. The lowest BCUT2D eigenvalue weighted by Gasteiger charge is -2.23. The highest BCUT2D eigenvalue weighted by Gasteiger charge is 2.21. The molecule has 2 rings (SSSR count). The van der Waals surface area contributed by atoms with Gasteiger partial charge in [-0.15, -0.1) is 0 Å². The second-order valence-electron chi connectivity index (χ2n) is 5.09. The molecule has 0 bridgehead atoms. The van der Waals surface area contributed by atoms with Crippen molar-refractivity contribution in [2.24, 2.45) is 0 Å². The van der Waals surface area contributed by atoms with Crippen LogP contribution < -0.4 is 0 Å². The van der Waals surface area contributed by atoms with Gasteiger partial charge in [0.25, 0.3) is 40.0 Å². The van der Waals surface area contributed by atoms with Crippen molar-refractivity contribution in [3.05, 3.63) is 25.1 Å². The molecule has 0 aromatic heterocycles. The monoisotopic (exact) mass is 550 g/mol. The average Bonchev–Trinajstić information content (AvgIpc) is 2.67. The minimum atomic E-state index is -1.48. The average molecular weight is 553 g/mol. The van der Waals surface area contributed by atoms with Crippen LogP contribution in [0.3, 0.4) is 0 Å². The third kappa shape index (κ3) is 8.00. The Labute approximate surface area is 188 Å². The Hall–Kier alpha value is 1.35. The van der Waals surface area contributed by atoms with Crippen molar-refractivity contribution < 1.29 is 25.7 Å². The maximum Gasteiger partial charge on any atom is 0.305 e. The third-order valence-electron chi connectivity index (χ3n) is 3.26. The van der Waals surface area contributed by atoms with Gasteiger partial charge in [0.15, 0.2) is 5.75 Å². The Morgan fingerprint density at radius 2 is 1.19 bits per heavy atom. The molecule has 16 heteroatoms. The molecule has 0 saturated carbocycles. The molecule has 1 heterocycles. The maximum atomic E-state index is 9.20. The van der Waals surface area contributed by atoms with E-state index in [1.165, 1.54) is 0 Å². The van der Waals surface area contributed by atoms with E-state index in [0.717, 1.165) is 6.42 Å². The van der Waals surface area contributed by atoms with Crippen LogP contribution in [-0.2, 0) is 20.6 Å². The van der Waals surface area contributed by atoms with Crippen LogP contribution in [0.4, 0.5) is 0 Å². The molecule has 1 aromatic carbocycles. The predicted molar refractivity (Wildman–Crippen MR) is 120 cm³/mol. The van der Waals surface area contributed by atoms with Gasteiger partial charge in [-0.3, -0.25) is 0 Å². The topological polar surface area (TPSA) is 66.4 Å². The van der Waals surface area contributed by atoms with Crippen LogP contribution in [0.5, 0.6) is 5.75 Å². The molecule has 1 atom stereocenters. The summed E-state index contributed by atoms with van der Waals surface area (Å²) in [6.07, 6.45) is 1.12. The van der Waals surface area contributed by atoms with E-state index in [2.05, 4.69) is 13.8 Å². The van der Waals surface area contributed by atoms with Crippen molar-refractivity contribution in [1.29, 1.82) is 0 Å². The zero-order valence-electron chi connectivity index (χ0n) is 14.1. The number of rotatable bonds is 2. The van der Waals surface area contributed by atoms with Crippen molar-refractivity contribution in [3.8, 4) is 5.75 Å². The maximum absolute atomic E-state index is 9.20. The van der Waals surface area contributed by atoms with Crippen molar-refractivity contribution in [2.45, 2.75) is 25.8 Å². The summed E-state index contributed by atoms with van der Waals surface area (Å²) in [5.74, 6) is -0.363. The quantitative estimate of drug-likeness (QED) is 0.343. The number of halogens is 5. The molecular weight excluding hydrogens is 534 g/mol. The molecule has 0 spiro atoms. The standard InChI is InChI=1S/C6HCl5O.C4H18O5Si5/c7-1-2(8)4(10)6(12)5(11)3(1)9;1-3-4(2)14-8-12-6-10-5-11-7-13-9-14/h12H;4,14H,3,10-13H2,1-2H3. The second-order valence-corrected chi connectivity index (χ2v) is 17.4. The third-order valence-corrected chi connectivity index (χ3v) is 14.6. The Morgan fingerprint density at radius 1 is 0.808 bits per heavy atom. The molecule has 26 heavy (non-hydrogen) atoms. The van der Waals surface area contributed by atoms with Gasteiger partial charge in [-0.05, 0) is 5.54 Å². The van der Waals surface area contributed by atoms with Gasteiger partial charge in [-0.2, -0.15) is 0 Å². The fourth-order valence-electron chi connectivity index (χ4n) is 1.61. The number of phenolic OH excluding ortho intramolecular Hbond substituents is 1. The second kappa shape index (κ2) is 13.6. The van der Waals surface area contributed by atoms with Gasteiger partial charge in [-0.25, -0.2) is 0 Å². The van der Waals surface area contributed by atoms with Gasteiger partial charge in [0.2, 0.25) is 0 Å². The van der Waals surface area contributed by atoms with Crippen LogP contribution >= 0.6 is 58.0 Å². The van der Waals surface area contributed by atoms with E-state index in [1.807, 2.05) is 0 Å². The molecule has 1 saturated heterocycles. The molecule has 0 amide bonds. The molecule has 6 nitrogen and oxygen atoms in total. The van der Waals surface area contributed by atoms with Gasteiger partial charge < -0.3 is 25.7 Å². The Morgan fingerprint density at radius 3 is 1.62 bits per heavy atom. The fraction of sp³-hybridized carbons (Fsp3) is 0.400. The van der Waals surface area contributed by atoms with E-state index >= 15 is 0 Å². The summed E-state index contributed by atoms with van der Waals surface area (Å²) in [7, 11) is -4.68. The number of hydrogen-bond donors (Lipinski definition) is 1. The van der Waals surface area contributed by atoms with E-state index in [1.54, 1.807) is 0 Å². The first-order chi connectivity index (χ1) is 12.3. The van der Waals surface area contributed by atoms with Crippen molar-refractivity contribution in [1.82, 2.24) is 0 Å². The van der Waals surface area contributed by atoms with Crippen LogP contribution in [0, 0.1) is 0 Å². The van der Waals surface area contributed by atoms with E-state index in [9.17, 15) is 5.11 Å². The highest BCUT2D eigenvalue weighted by atomic mass is 35.5. The van der Waals surface area contributed by atoms with E-state index < -0.39 is 49.3 Å². The number of aromatic hydroxyl groups is 1. The molecular formula is C10H19Cl5O6Si5. The molecule has 1 fully saturated rings. The summed E-state index contributed by atoms with van der Waals surface area (Å²) < 4.78 is 27.5. The summed E-state index contributed by atoms with van der Waals surface area (Å²) in [5, 5.41) is 9.01. The minimum absolute atomic E-state index is 0.00904. The van der Waals surface area contributed by atoms with Gasteiger partial charge >= 0.3 is 9.28 Å². The summed E-state index contributed by atoms with van der Waals surface area (Å²) >= 11 is 27.9. The van der Waals surface area contributed by atoms with Crippen LogP contribution in [0.25, 0.3) is 0 Å². The van der Waals surface area contributed by atoms with Gasteiger partial charge in [0.05, 0.1) is 15.1 Å². The fourth-order valence-corrected chi connectivity index (χ4v) is 14.5. The summed E-state index contributed by atoms with van der Waals surface area (Å²) in [5.41, 5.74) is 0.561. The van der Waals surface area contributed by atoms with Crippen molar-refractivity contribution >= 4 is 107 Å². The smallest absolute Gasteiger partial charge is 0.305 e. The Balaban J connectivity index is 0.000000263. The zero-order chi connectivity index (χ0) is 19.7. The first kappa shape index (κ1) is 25.4. The van der Waals surface area contributed by atoms with Gasteiger partial charge in [-0.1, -0.05) is 78.3 Å². The highest BCUT2D eigenvalue weighted by Crippen LogP contribution is 2.47. The number of phenols is 1.